The average Bonchev–Trinajstić information content (AvgIpc) is 3.12. The summed E-state index contributed by atoms with van der Waals surface area (Å²) in [5.74, 6) is 1.44. The SMILES string of the molecule is CCCCCCCCCCCCCCc1n(-c2ccccc2)cc[n+]1CC. The van der Waals surface area contributed by atoms with Crippen LogP contribution in [0.15, 0.2) is 42.7 Å². The van der Waals surface area contributed by atoms with Crippen molar-refractivity contribution < 1.29 is 4.57 Å². The number of aryl methyl sites for hydroxylation is 1. The Morgan fingerprint density at radius 2 is 1.26 bits per heavy atom. The van der Waals surface area contributed by atoms with E-state index in [1.54, 1.807) is 0 Å². The Labute approximate surface area is 167 Å². The molecule has 0 atom stereocenters. The molecule has 0 spiro atoms. The van der Waals surface area contributed by atoms with Crippen LogP contribution < -0.4 is 4.57 Å². The molecule has 2 rings (SSSR count). The summed E-state index contributed by atoms with van der Waals surface area (Å²) in [7, 11) is 0. The van der Waals surface area contributed by atoms with Crippen LogP contribution in [0.25, 0.3) is 5.69 Å². The van der Waals surface area contributed by atoms with Crippen molar-refractivity contribution in [3.05, 3.63) is 48.5 Å². The summed E-state index contributed by atoms with van der Waals surface area (Å²) in [4.78, 5) is 0. The van der Waals surface area contributed by atoms with Crippen molar-refractivity contribution in [2.24, 2.45) is 0 Å². The van der Waals surface area contributed by atoms with Gasteiger partial charge in [-0.25, -0.2) is 4.57 Å². The molecule has 2 aromatic rings. The van der Waals surface area contributed by atoms with E-state index in [9.17, 15) is 0 Å². The Hall–Kier alpha value is -1.57. The Balaban J connectivity index is 1.61. The number of aromatic nitrogens is 2. The fraction of sp³-hybridized carbons (Fsp3) is 0.640. The van der Waals surface area contributed by atoms with Gasteiger partial charge in [0.05, 0.1) is 6.54 Å². The highest BCUT2D eigenvalue weighted by Gasteiger charge is 2.16. The number of hydrogen-bond donors (Lipinski definition) is 0. The maximum atomic E-state index is 2.39. The summed E-state index contributed by atoms with van der Waals surface area (Å²) >= 11 is 0. The van der Waals surface area contributed by atoms with Crippen molar-refractivity contribution in [2.45, 2.75) is 104 Å². The van der Waals surface area contributed by atoms with Gasteiger partial charge in [-0.15, -0.1) is 0 Å². The molecule has 0 aliphatic carbocycles. The van der Waals surface area contributed by atoms with Crippen molar-refractivity contribution in [2.75, 3.05) is 0 Å². The summed E-state index contributed by atoms with van der Waals surface area (Å²) < 4.78 is 4.76. The third-order valence-corrected chi connectivity index (χ3v) is 5.63. The van der Waals surface area contributed by atoms with Crippen molar-refractivity contribution in [3.8, 4) is 5.69 Å². The molecule has 0 aliphatic heterocycles. The van der Waals surface area contributed by atoms with Crippen LogP contribution in [0.1, 0.15) is 96.7 Å². The van der Waals surface area contributed by atoms with Crippen molar-refractivity contribution in [3.63, 3.8) is 0 Å². The molecule has 0 aliphatic rings. The molecule has 0 radical (unpaired) electrons. The zero-order valence-corrected chi connectivity index (χ0v) is 17.8. The molecule has 27 heavy (non-hydrogen) atoms. The third kappa shape index (κ3) is 7.91. The van der Waals surface area contributed by atoms with Gasteiger partial charge in [-0.2, -0.15) is 4.57 Å². The molecule has 2 heteroatoms. The fourth-order valence-corrected chi connectivity index (χ4v) is 3.96. The van der Waals surface area contributed by atoms with E-state index in [0.717, 1.165) is 6.54 Å². The number of rotatable bonds is 15. The van der Waals surface area contributed by atoms with Crippen molar-refractivity contribution in [1.29, 1.82) is 0 Å². The lowest BCUT2D eigenvalue weighted by molar-refractivity contribution is -0.700. The molecule has 0 fully saturated rings. The summed E-state index contributed by atoms with van der Waals surface area (Å²) in [6.07, 6.45) is 22.5. The first kappa shape index (κ1) is 21.7. The highest BCUT2D eigenvalue weighted by Crippen LogP contribution is 2.14. The number of nitrogens with zero attached hydrogens (tertiary/aromatic N) is 2. The summed E-state index contributed by atoms with van der Waals surface area (Å²) in [5, 5.41) is 0. The van der Waals surface area contributed by atoms with Gasteiger partial charge in [0.2, 0.25) is 0 Å². The minimum Gasteiger partial charge on any atom is -0.234 e. The largest absolute Gasteiger partial charge is 0.261 e. The summed E-state index contributed by atoms with van der Waals surface area (Å²) in [6, 6.07) is 10.7. The first-order valence-electron chi connectivity index (χ1n) is 11.5. The average molecular weight is 370 g/mol. The molecule has 1 aromatic heterocycles. The molecule has 0 unspecified atom stereocenters. The fourth-order valence-electron chi connectivity index (χ4n) is 3.96. The van der Waals surface area contributed by atoms with E-state index < -0.39 is 0 Å². The van der Waals surface area contributed by atoms with Gasteiger partial charge in [-0.1, -0.05) is 95.8 Å². The third-order valence-electron chi connectivity index (χ3n) is 5.63. The van der Waals surface area contributed by atoms with Crippen LogP contribution in [0, 0.1) is 0 Å². The number of unbranched alkanes of at least 4 members (excludes halogenated alkanes) is 11. The van der Waals surface area contributed by atoms with Crippen molar-refractivity contribution in [1.82, 2.24) is 4.57 Å². The maximum Gasteiger partial charge on any atom is 0.261 e. The van der Waals surface area contributed by atoms with E-state index in [2.05, 4.69) is 65.7 Å². The molecule has 0 bridgehead atoms. The Morgan fingerprint density at radius 1 is 0.704 bits per heavy atom. The zero-order chi connectivity index (χ0) is 19.2. The smallest absolute Gasteiger partial charge is 0.234 e. The summed E-state index contributed by atoms with van der Waals surface area (Å²) in [6.45, 7) is 5.58. The monoisotopic (exact) mass is 369 g/mol. The van der Waals surface area contributed by atoms with Gasteiger partial charge in [-0.05, 0) is 25.5 Å². The first-order chi connectivity index (χ1) is 13.4. The van der Waals surface area contributed by atoms with Crippen LogP contribution in [0.4, 0.5) is 0 Å². The second kappa shape index (κ2) is 13.6. The van der Waals surface area contributed by atoms with E-state index in [-0.39, 0.29) is 0 Å². The molecule has 150 valence electrons. The second-order valence-corrected chi connectivity index (χ2v) is 7.85. The summed E-state index contributed by atoms with van der Waals surface area (Å²) in [5.41, 5.74) is 1.28. The van der Waals surface area contributed by atoms with Gasteiger partial charge in [0.15, 0.2) is 0 Å². The molecule has 0 saturated heterocycles. The lowest BCUT2D eigenvalue weighted by Gasteiger charge is -2.05. The molecular weight excluding hydrogens is 328 g/mol. The number of imidazole rings is 1. The predicted molar refractivity (Wildman–Crippen MR) is 116 cm³/mol. The van der Waals surface area contributed by atoms with Crippen LogP contribution in [0.2, 0.25) is 0 Å². The molecule has 2 nitrogen and oxygen atoms in total. The van der Waals surface area contributed by atoms with Gasteiger partial charge in [0.25, 0.3) is 5.82 Å². The van der Waals surface area contributed by atoms with Crippen LogP contribution in [-0.2, 0) is 13.0 Å². The highest BCUT2D eigenvalue weighted by atomic mass is 15.1. The topological polar surface area (TPSA) is 8.81 Å². The van der Waals surface area contributed by atoms with Crippen LogP contribution in [0.5, 0.6) is 0 Å². The quantitative estimate of drug-likeness (QED) is 0.235. The molecule has 0 amide bonds. The van der Waals surface area contributed by atoms with Gasteiger partial charge >= 0.3 is 0 Å². The van der Waals surface area contributed by atoms with Crippen LogP contribution in [-0.4, -0.2) is 4.57 Å². The Morgan fingerprint density at radius 3 is 1.81 bits per heavy atom. The van der Waals surface area contributed by atoms with E-state index >= 15 is 0 Å². The first-order valence-corrected chi connectivity index (χ1v) is 11.5. The van der Waals surface area contributed by atoms with Crippen LogP contribution >= 0.6 is 0 Å². The minimum absolute atomic E-state index is 1.05. The number of hydrogen-bond acceptors (Lipinski definition) is 0. The lowest BCUT2D eigenvalue weighted by Crippen LogP contribution is -2.35. The standard InChI is InChI=1S/C25H41N2/c1-3-5-6-7-8-9-10-11-12-13-14-18-21-25-26(4-2)22-23-27(25)24-19-16-15-17-20-24/h15-17,19-20,22-23H,3-14,18,21H2,1-2H3/q+1. The molecule has 0 saturated carbocycles. The maximum absolute atomic E-state index is 2.39. The Kier molecular flexibility index (Phi) is 10.9. The second-order valence-electron chi connectivity index (χ2n) is 7.85. The normalized spacial score (nSPS) is 11.2. The van der Waals surface area contributed by atoms with Gasteiger partial charge in [-0.3, -0.25) is 0 Å². The Bertz CT molecular complexity index is 600. The van der Waals surface area contributed by atoms with E-state index in [1.165, 1.54) is 95.0 Å². The van der Waals surface area contributed by atoms with E-state index in [1.807, 2.05) is 0 Å². The van der Waals surface area contributed by atoms with Crippen LogP contribution in [0.3, 0.4) is 0 Å². The lowest BCUT2D eigenvalue weighted by atomic mass is 10.0. The molecule has 1 heterocycles. The minimum atomic E-state index is 1.05. The molecular formula is C25H41N2+. The van der Waals surface area contributed by atoms with Crippen molar-refractivity contribution >= 4 is 0 Å². The molecule has 0 N–H and O–H groups in total. The predicted octanol–water partition coefficient (Wildman–Crippen LogP) is 7.03. The number of para-hydroxylation sites is 1. The van der Waals surface area contributed by atoms with E-state index in [4.69, 9.17) is 0 Å². The molecule has 1 aromatic carbocycles. The zero-order valence-electron chi connectivity index (χ0n) is 17.8. The number of benzene rings is 1. The van der Waals surface area contributed by atoms with Gasteiger partial charge in [0.1, 0.15) is 18.1 Å². The highest BCUT2D eigenvalue weighted by molar-refractivity contribution is 5.31. The van der Waals surface area contributed by atoms with Gasteiger partial charge in [0, 0.05) is 6.42 Å². The van der Waals surface area contributed by atoms with E-state index in [0.29, 0.717) is 0 Å². The van der Waals surface area contributed by atoms with Gasteiger partial charge < -0.3 is 0 Å².